The van der Waals surface area contributed by atoms with E-state index in [1.54, 1.807) is 0 Å². The number of carbonyl (C=O) groups excluding carboxylic acids is 1. The largest absolute Gasteiger partial charge is 0.466 e. The molecule has 0 spiro atoms. The Morgan fingerprint density at radius 3 is 2.73 bits per heavy atom. The molecule has 30 heavy (non-hydrogen) atoms. The summed E-state index contributed by atoms with van der Waals surface area (Å²) >= 11 is 0. The topological polar surface area (TPSA) is 77.2 Å². The quantitative estimate of drug-likeness (QED) is 0.569. The molecule has 2 aromatic carbocycles. The maximum absolute atomic E-state index is 11.9. The van der Waals surface area contributed by atoms with Gasteiger partial charge in [0.25, 0.3) is 0 Å². The lowest BCUT2D eigenvalue weighted by Gasteiger charge is -2.18. The van der Waals surface area contributed by atoms with E-state index >= 15 is 0 Å². The molecule has 0 bridgehead atoms. The third-order valence-corrected chi connectivity index (χ3v) is 6.03. The molecule has 3 aromatic rings. The molecular formula is C24H29N3O3. The number of fused-ring (bicyclic) bond motifs is 1. The Kier molecular flexibility index (Phi) is 5.86. The first-order valence-corrected chi connectivity index (χ1v) is 10.7. The molecule has 1 heterocycles. The van der Waals surface area contributed by atoms with Crippen LogP contribution in [0.5, 0.6) is 0 Å². The Morgan fingerprint density at radius 1 is 1.23 bits per heavy atom. The number of ether oxygens (including phenoxy) is 1. The molecule has 0 saturated heterocycles. The highest BCUT2D eigenvalue weighted by atomic mass is 16.5. The molecule has 158 valence electrons. The smallest absolute Gasteiger partial charge is 0.306 e. The highest BCUT2D eigenvalue weighted by Gasteiger charge is 2.24. The van der Waals surface area contributed by atoms with E-state index in [0.717, 1.165) is 56.9 Å². The van der Waals surface area contributed by atoms with Gasteiger partial charge in [0.1, 0.15) is 5.52 Å². The number of hydrogen-bond acceptors (Lipinski definition) is 5. The first kappa shape index (κ1) is 20.5. The van der Waals surface area contributed by atoms with Gasteiger partial charge in [0.05, 0.1) is 18.7 Å². The molecule has 1 N–H and O–H groups in total. The summed E-state index contributed by atoms with van der Waals surface area (Å²) in [6, 6.07) is 8.25. The minimum atomic E-state index is -0.204. The van der Waals surface area contributed by atoms with Crippen LogP contribution in [-0.2, 0) is 29.1 Å². The van der Waals surface area contributed by atoms with Crippen LogP contribution in [0.2, 0.25) is 0 Å². The van der Waals surface area contributed by atoms with Crippen molar-refractivity contribution in [3.63, 3.8) is 0 Å². The van der Waals surface area contributed by atoms with Gasteiger partial charge in [-0.25, -0.2) is 4.68 Å². The summed E-state index contributed by atoms with van der Waals surface area (Å²) in [4.78, 5) is 11.9. The predicted octanol–water partition coefficient (Wildman–Crippen LogP) is 4.11. The fourth-order valence-electron chi connectivity index (χ4n) is 4.14. The van der Waals surface area contributed by atoms with Crippen molar-refractivity contribution >= 4 is 17.0 Å². The second-order valence-corrected chi connectivity index (χ2v) is 8.18. The molecule has 1 fully saturated rings. The van der Waals surface area contributed by atoms with E-state index in [9.17, 15) is 9.90 Å². The third kappa shape index (κ3) is 3.97. The Morgan fingerprint density at radius 2 is 2.03 bits per heavy atom. The molecule has 1 aliphatic carbocycles. The molecule has 0 atom stereocenters. The highest BCUT2D eigenvalue weighted by molar-refractivity contribution is 5.88. The number of hydrogen-bond donors (Lipinski definition) is 1. The zero-order valence-corrected chi connectivity index (χ0v) is 17.9. The lowest BCUT2D eigenvalue weighted by molar-refractivity contribution is -0.143. The predicted molar refractivity (Wildman–Crippen MR) is 116 cm³/mol. The van der Waals surface area contributed by atoms with E-state index in [-0.39, 0.29) is 12.6 Å². The van der Waals surface area contributed by atoms with Crippen LogP contribution in [-0.4, -0.2) is 32.7 Å². The van der Waals surface area contributed by atoms with Gasteiger partial charge in [0.15, 0.2) is 0 Å². The molecule has 0 amide bonds. The Labute approximate surface area is 176 Å². The molecule has 1 saturated carbocycles. The van der Waals surface area contributed by atoms with Crippen molar-refractivity contribution in [2.75, 3.05) is 6.61 Å². The first-order chi connectivity index (χ1) is 14.5. The van der Waals surface area contributed by atoms with Crippen molar-refractivity contribution in [1.29, 1.82) is 0 Å². The lowest BCUT2D eigenvalue weighted by Crippen LogP contribution is -2.07. The number of aliphatic hydroxyl groups is 1. The average molecular weight is 408 g/mol. The van der Waals surface area contributed by atoms with Gasteiger partial charge in [0.2, 0.25) is 0 Å². The van der Waals surface area contributed by atoms with Crippen LogP contribution < -0.4 is 0 Å². The molecule has 6 heteroatoms. The second kappa shape index (κ2) is 8.56. The van der Waals surface area contributed by atoms with E-state index in [1.807, 2.05) is 24.6 Å². The zero-order chi connectivity index (χ0) is 21.3. The minimum absolute atomic E-state index is 0.0553. The molecular weight excluding hydrogens is 378 g/mol. The number of aliphatic hydroxyl groups excluding tert-OH is 1. The Hall–Kier alpha value is -2.73. The monoisotopic (exact) mass is 407 g/mol. The fourth-order valence-corrected chi connectivity index (χ4v) is 4.14. The van der Waals surface area contributed by atoms with Crippen molar-refractivity contribution in [2.24, 2.45) is 5.92 Å². The number of esters is 1. The van der Waals surface area contributed by atoms with Gasteiger partial charge in [0, 0.05) is 13.0 Å². The molecule has 1 aliphatic rings. The Balaban J connectivity index is 1.77. The number of aromatic nitrogens is 3. The van der Waals surface area contributed by atoms with E-state index in [4.69, 9.17) is 4.74 Å². The van der Waals surface area contributed by atoms with Crippen LogP contribution in [0.15, 0.2) is 24.3 Å². The van der Waals surface area contributed by atoms with Crippen molar-refractivity contribution in [2.45, 2.75) is 59.6 Å². The number of aryl methyl sites for hydroxylation is 3. The second-order valence-electron chi connectivity index (χ2n) is 8.18. The summed E-state index contributed by atoms with van der Waals surface area (Å²) < 4.78 is 7.11. The van der Waals surface area contributed by atoms with Crippen LogP contribution in [0, 0.1) is 19.8 Å². The van der Waals surface area contributed by atoms with Gasteiger partial charge in [-0.15, -0.1) is 5.10 Å². The maximum Gasteiger partial charge on any atom is 0.306 e. The van der Waals surface area contributed by atoms with Gasteiger partial charge >= 0.3 is 5.97 Å². The highest BCUT2D eigenvalue weighted by Crippen LogP contribution is 2.37. The SMILES string of the molecule is CCOC(=O)CCc1ccc(C)c(CO)c1-c1ccc2c(nnn2CC2CC2)c1C. The van der Waals surface area contributed by atoms with Gasteiger partial charge in [-0.05, 0) is 85.4 Å². The number of rotatable bonds is 8. The summed E-state index contributed by atoms with van der Waals surface area (Å²) in [6.45, 7) is 7.13. The summed E-state index contributed by atoms with van der Waals surface area (Å²) in [5.41, 5.74) is 7.99. The summed E-state index contributed by atoms with van der Waals surface area (Å²) in [5.74, 6) is 0.520. The summed E-state index contributed by atoms with van der Waals surface area (Å²) in [7, 11) is 0. The van der Waals surface area contributed by atoms with Crippen molar-refractivity contribution in [3.05, 3.63) is 46.5 Å². The van der Waals surface area contributed by atoms with Crippen LogP contribution in [0.25, 0.3) is 22.2 Å². The van der Waals surface area contributed by atoms with Gasteiger partial charge in [-0.3, -0.25) is 4.79 Å². The van der Waals surface area contributed by atoms with Gasteiger partial charge < -0.3 is 9.84 Å². The normalized spacial score (nSPS) is 13.7. The van der Waals surface area contributed by atoms with Crippen LogP contribution in [0.4, 0.5) is 0 Å². The zero-order valence-electron chi connectivity index (χ0n) is 17.9. The standard InChI is InChI=1S/C24H29N3O3/c1-4-30-22(29)12-9-18-8-5-15(2)20(14-28)23(18)19-10-11-21-24(16(19)3)25-26-27(21)13-17-6-7-17/h5,8,10-11,17,28H,4,6-7,9,12-14H2,1-3H3. The van der Waals surface area contributed by atoms with Crippen molar-refractivity contribution in [3.8, 4) is 11.1 Å². The van der Waals surface area contributed by atoms with Crippen LogP contribution in [0.3, 0.4) is 0 Å². The van der Waals surface area contributed by atoms with Gasteiger partial charge in [-0.2, -0.15) is 0 Å². The van der Waals surface area contributed by atoms with E-state index in [1.165, 1.54) is 12.8 Å². The molecule has 1 aromatic heterocycles. The molecule has 4 rings (SSSR count). The summed E-state index contributed by atoms with van der Waals surface area (Å²) in [6.07, 6.45) is 3.41. The van der Waals surface area contributed by atoms with Gasteiger partial charge in [-0.1, -0.05) is 23.4 Å². The van der Waals surface area contributed by atoms with E-state index in [2.05, 4.69) is 35.4 Å². The molecule has 0 radical (unpaired) electrons. The molecule has 0 unspecified atom stereocenters. The Bertz CT molecular complexity index is 1080. The van der Waals surface area contributed by atoms with Crippen LogP contribution >= 0.6 is 0 Å². The van der Waals surface area contributed by atoms with Crippen molar-refractivity contribution < 1.29 is 14.6 Å². The molecule has 6 nitrogen and oxygen atoms in total. The number of nitrogens with zero attached hydrogens (tertiary/aromatic N) is 3. The number of benzene rings is 2. The first-order valence-electron chi connectivity index (χ1n) is 10.7. The van der Waals surface area contributed by atoms with E-state index < -0.39 is 0 Å². The number of carbonyl (C=O) groups is 1. The fraction of sp³-hybridized carbons (Fsp3) is 0.458. The average Bonchev–Trinajstić information content (AvgIpc) is 3.46. The minimum Gasteiger partial charge on any atom is -0.466 e. The summed E-state index contributed by atoms with van der Waals surface area (Å²) in [5, 5.41) is 19.0. The molecule has 0 aliphatic heterocycles. The maximum atomic E-state index is 11.9. The van der Waals surface area contributed by atoms with E-state index in [0.29, 0.717) is 19.4 Å². The van der Waals surface area contributed by atoms with Crippen LogP contribution in [0.1, 0.15) is 48.4 Å². The lowest BCUT2D eigenvalue weighted by atomic mass is 9.87. The van der Waals surface area contributed by atoms with Crippen molar-refractivity contribution in [1.82, 2.24) is 15.0 Å². The third-order valence-electron chi connectivity index (χ3n) is 6.03.